The van der Waals surface area contributed by atoms with Gasteiger partial charge in [-0.05, 0) is 56.7 Å². The fourth-order valence-electron chi connectivity index (χ4n) is 3.05. The number of methoxy groups -OCH3 is 1. The molecule has 1 heterocycles. The molecule has 0 bridgehead atoms. The van der Waals surface area contributed by atoms with Crippen molar-refractivity contribution in [2.45, 2.75) is 58.5 Å². The van der Waals surface area contributed by atoms with Crippen molar-refractivity contribution in [2.75, 3.05) is 13.7 Å². The summed E-state index contributed by atoms with van der Waals surface area (Å²) >= 11 is 0. The number of ether oxygens (including phenoxy) is 1. The Morgan fingerprint density at radius 3 is 2.91 bits per heavy atom. The molecule has 0 spiro atoms. The second-order valence-corrected chi connectivity index (χ2v) is 6.26. The van der Waals surface area contributed by atoms with Crippen LogP contribution >= 0.6 is 0 Å². The first-order chi connectivity index (χ1) is 10.5. The lowest BCUT2D eigenvalue weighted by atomic mass is 10.0. The minimum absolute atomic E-state index is 0.0853. The summed E-state index contributed by atoms with van der Waals surface area (Å²) in [5.41, 5.74) is 2.42. The number of carbonyl (C=O) groups is 1. The van der Waals surface area contributed by atoms with E-state index in [4.69, 9.17) is 4.74 Å². The predicted octanol–water partition coefficient (Wildman–Crippen LogP) is 3.52. The second-order valence-electron chi connectivity index (χ2n) is 6.26. The monoisotopic (exact) mass is 304 g/mol. The maximum atomic E-state index is 12.4. The number of likely N-dealkylation sites (tertiary alicyclic amines) is 1. The minimum Gasteiger partial charge on any atom is -0.496 e. The largest absolute Gasteiger partial charge is 0.496 e. The summed E-state index contributed by atoms with van der Waals surface area (Å²) in [6.45, 7) is 7.06. The van der Waals surface area contributed by atoms with Gasteiger partial charge in [-0.2, -0.15) is 0 Å². The van der Waals surface area contributed by atoms with E-state index in [2.05, 4.69) is 38.2 Å². The van der Waals surface area contributed by atoms with Crippen molar-refractivity contribution in [1.82, 2.24) is 10.2 Å². The van der Waals surface area contributed by atoms with Gasteiger partial charge >= 0.3 is 6.03 Å². The van der Waals surface area contributed by atoms with Crippen molar-refractivity contribution in [3.8, 4) is 5.75 Å². The molecule has 1 aliphatic heterocycles. The summed E-state index contributed by atoms with van der Waals surface area (Å²) in [4.78, 5) is 14.4. The zero-order valence-corrected chi connectivity index (χ0v) is 14.2. The summed E-state index contributed by atoms with van der Waals surface area (Å²) in [6, 6.07) is 6.91. The van der Waals surface area contributed by atoms with E-state index in [1.807, 2.05) is 11.0 Å². The molecule has 4 nitrogen and oxygen atoms in total. The molecule has 0 saturated carbocycles. The van der Waals surface area contributed by atoms with E-state index in [-0.39, 0.29) is 12.1 Å². The third kappa shape index (κ3) is 3.93. The van der Waals surface area contributed by atoms with Crippen LogP contribution in [0.4, 0.5) is 4.79 Å². The summed E-state index contributed by atoms with van der Waals surface area (Å²) in [7, 11) is 1.69. The Hall–Kier alpha value is -1.71. The van der Waals surface area contributed by atoms with Gasteiger partial charge in [0.1, 0.15) is 5.75 Å². The van der Waals surface area contributed by atoms with Crippen LogP contribution in [0.25, 0.3) is 0 Å². The van der Waals surface area contributed by atoms with E-state index in [1.54, 1.807) is 7.11 Å². The van der Waals surface area contributed by atoms with E-state index in [1.165, 1.54) is 5.56 Å². The average molecular weight is 304 g/mol. The highest BCUT2D eigenvalue weighted by Crippen LogP contribution is 2.24. The summed E-state index contributed by atoms with van der Waals surface area (Å²) < 4.78 is 5.31. The molecule has 1 aliphatic rings. The number of hydrogen-bond donors (Lipinski definition) is 1. The summed E-state index contributed by atoms with van der Waals surface area (Å²) in [6.07, 6.45) is 4.05. The molecule has 2 amide bonds. The maximum Gasteiger partial charge on any atom is 0.317 e. The minimum atomic E-state index is 0.0853. The normalized spacial score (nSPS) is 19.1. The zero-order valence-electron chi connectivity index (χ0n) is 14.2. The molecular weight excluding hydrogens is 276 g/mol. The van der Waals surface area contributed by atoms with Gasteiger partial charge in [0.15, 0.2) is 0 Å². The number of rotatable bonds is 5. The summed E-state index contributed by atoms with van der Waals surface area (Å²) in [5.74, 6) is 0.918. The van der Waals surface area contributed by atoms with Crippen LogP contribution in [0, 0.1) is 6.92 Å². The van der Waals surface area contributed by atoms with Crippen LogP contribution in [-0.4, -0.2) is 36.7 Å². The third-order valence-corrected chi connectivity index (χ3v) is 4.55. The van der Waals surface area contributed by atoms with Gasteiger partial charge in [-0.15, -0.1) is 0 Å². The Morgan fingerprint density at radius 1 is 1.50 bits per heavy atom. The molecule has 2 unspecified atom stereocenters. The van der Waals surface area contributed by atoms with Gasteiger partial charge in [-0.25, -0.2) is 4.79 Å². The van der Waals surface area contributed by atoms with Gasteiger partial charge in [-0.3, -0.25) is 0 Å². The number of carbonyl (C=O) groups excluding carboxylic acids is 1. The zero-order chi connectivity index (χ0) is 16.1. The van der Waals surface area contributed by atoms with Crippen LogP contribution in [-0.2, 0) is 6.42 Å². The van der Waals surface area contributed by atoms with Crippen LogP contribution in [0.3, 0.4) is 0 Å². The molecular formula is C18H28N2O2. The van der Waals surface area contributed by atoms with Gasteiger partial charge < -0.3 is 15.0 Å². The Bertz CT molecular complexity index is 516. The van der Waals surface area contributed by atoms with Crippen molar-refractivity contribution in [3.63, 3.8) is 0 Å². The van der Waals surface area contributed by atoms with Crippen molar-refractivity contribution < 1.29 is 9.53 Å². The maximum absolute atomic E-state index is 12.4. The molecule has 2 atom stereocenters. The number of nitrogens with zero attached hydrogens (tertiary/aromatic N) is 1. The lowest BCUT2D eigenvalue weighted by Crippen LogP contribution is -2.46. The lowest BCUT2D eigenvalue weighted by molar-refractivity contribution is 0.188. The van der Waals surface area contributed by atoms with Crippen LogP contribution in [0.1, 0.15) is 44.2 Å². The molecule has 0 aliphatic carbocycles. The first-order valence-corrected chi connectivity index (χ1v) is 8.25. The smallest absolute Gasteiger partial charge is 0.317 e. The van der Waals surface area contributed by atoms with E-state index in [0.717, 1.165) is 43.5 Å². The van der Waals surface area contributed by atoms with E-state index < -0.39 is 0 Å². The van der Waals surface area contributed by atoms with Crippen molar-refractivity contribution >= 4 is 6.03 Å². The molecule has 22 heavy (non-hydrogen) atoms. The highest BCUT2D eigenvalue weighted by molar-refractivity contribution is 5.75. The second kappa shape index (κ2) is 7.52. The number of benzene rings is 1. The summed E-state index contributed by atoms with van der Waals surface area (Å²) in [5, 5.41) is 3.08. The highest BCUT2D eigenvalue weighted by Gasteiger charge is 2.29. The van der Waals surface area contributed by atoms with Crippen LogP contribution in [0.5, 0.6) is 5.75 Å². The molecule has 1 aromatic rings. The number of hydrogen-bond acceptors (Lipinski definition) is 2. The molecule has 122 valence electrons. The number of nitrogens with one attached hydrogen (secondary N) is 1. The SMILES string of the molecule is CCC(C)NC(=O)N1CCCC1Cc1ccc(OC)c(C)c1. The topological polar surface area (TPSA) is 41.6 Å². The molecule has 0 aromatic heterocycles. The van der Waals surface area contributed by atoms with Gasteiger partial charge in [0.05, 0.1) is 7.11 Å². The van der Waals surface area contributed by atoms with Gasteiger partial charge in [0, 0.05) is 18.6 Å². The van der Waals surface area contributed by atoms with Crippen LogP contribution in [0.2, 0.25) is 0 Å². The van der Waals surface area contributed by atoms with E-state index >= 15 is 0 Å². The molecule has 4 heteroatoms. The number of amides is 2. The molecule has 1 N–H and O–H groups in total. The van der Waals surface area contributed by atoms with E-state index in [0.29, 0.717) is 6.04 Å². The average Bonchev–Trinajstić information content (AvgIpc) is 2.95. The third-order valence-electron chi connectivity index (χ3n) is 4.55. The van der Waals surface area contributed by atoms with Crippen molar-refractivity contribution in [2.24, 2.45) is 0 Å². The Balaban J connectivity index is 2.02. The quantitative estimate of drug-likeness (QED) is 0.904. The first-order valence-electron chi connectivity index (χ1n) is 8.25. The van der Waals surface area contributed by atoms with Crippen molar-refractivity contribution in [3.05, 3.63) is 29.3 Å². The van der Waals surface area contributed by atoms with Gasteiger partial charge in [0.2, 0.25) is 0 Å². The predicted molar refractivity (Wildman–Crippen MR) is 89.4 cm³/mol. The molecule has 1 aromatic carbocycles. The van der Waals surface area contributed by atoms with Crippen LogP contribution < -0.4 is 10.1 Å². The Labute approximate surface area is 133 Å². The Kier molecular flexibility index (Phi) is 5.69. The fraction of sp³-hybridized carbons (Fsp3) is 0.611. The van der Waals surface area contributed by atoms with Gasteiger partial charge in [-0.1, -0.05) is 19.1 Å². The lowest BCUT2D eigenvalue weighted by Gasteiger charge is -2.27. The molecule has 1 saturated heterocycles. The Morgan fingerprint density at radius 2 is 2.27 bits per heavy atom. The van der Waals surface area contributed by atoms with Crippen molar-refractivity contribution in [1.29, 1.82) is 0 Å². The van der Waals surface area contributed by atoms with Gasteiger partial charge in [0.25, 0.3) is 0 Å². The number of aryl methyl sites for hydroxylation is 1. The molecule has 0 radical (unpaired) electrons. The molecule has 2 rings (SSSR count). The van der Waals surface area contributed by atoms with E-state index in [9.17, 15) is 4.79 Å². The fourth-order valence-corrected chi connectivity index (χ4v) is 3.05. The molecule has 1 fully saturated rings. The van der Waals surface area contributed by atoms with Crippen LogP contribution in [0.15, 0.2) is 18.2 Å². The first kappa shape index (κ1) is 16.7. The highest BCUT2D eigenvalue weighted by atomic mass is 16.5. The standard InChI is InChI=1S/C18H28N2O2/c1-5-14(3)19-18(21)20-10-6-7-16(20)12-15-8-9-17(22-4)13(2)11-15/h8-9,11,14,16H,5-7,10,12H2,1-4H3,(H,19,21). The number of urea groups is 1.